The van der Waals surface area contributed by atoms with Crippen molar-refractivity contribution in [3.63, 3.8) is 0 Å². The molecule has 16 nitrogen and oxygen atoms in total. The zero-order valence-corrected chi connectivity index (χ0v) is 53.6. The second-order valence-corrected chi connectivity index (χ2v) is 26.3. The lowest BCUT2D eigenvalue weighted by Crippen LogP contribution is -2.47. The van der Waals surface area contributed by atoms with Crippen LogP contribution in [0.25, 0.3) is 0 Å². The van der Waals surface area contributed by atoms with E-state index < -0.39 is 42.1 Å². The fraction of sp³-hybridized carbons (Fsp3) is 0.897. The molecule has 0 radical (unpaired) electrons. The summed E-state index contributed by atoms with van der Waals surface area (Å²) in [4.78, 5) is 96.8. The third-order valence-electron chi connectivity index (χ3n) is 18.4. The highest BCUT2D eigenvalue weighted by Gasteiger charge is 2.52. The van der Waals surface area contributed by atoms with Crippen molar-refractivity contribution in [2.45, 2.75) is 285 Å². The van der Waals surface area contributed by atoms with Crippen LogP contribution in [0.4, 0.5) is 4.79 Å². The van der Waals surface area contributed by atoms with E-state index in [1.165, 1.54) is 19.3 Å². The zero-order valence-electron chi connectivity index (χ0n) is 53.6. The SMILES string of the molecule is CCCCCCC(CCC(=O)OCC(COC(=O)CCCCOC(=O)C(CCCC)CCCCCC)(COC(=O)CCCCOC(=O)C(CCCC)CCCCCC)COC(=O)CC12CC3CC(CC(C3)C1)C2)OC(=O)NCCN1CCCC1. The maximum absolute atomic E-state index is 14.1. The van der Waals surface area contributed by atoms with Crippen molar-refractivity contribution in [2.75, 3.05) is 65.8 Å². The largest absolute Gasteiger partial charge is 0.465 e. The molecule has 0 spiro atoms. The number of ether oxygens (including phenoxy) is 7. The molecule has 0 aromatic rings. The Kier molecular flexibility index (Phi) is 37.0. The van der Waals surface area contributed by atoms with Crippen molar-refractivity contribution in [1.82, 2.24) is 10.2 Å². The van der Waals surface area contributed by atoms with E-state index in [1.54, 1.807) is 0 Å². The highest BCUT2D eigenvalue weighted by Crippen LogP contribution is 2.61. The molecule has 0 aromatic heterocycles. The first-order valence-corrected chi connectivity index (χ1v) is 34.4. The zero-order chi connectivity index (χ0) is 60.7. The van der Waals surface area contributed by atoms with Crippen molar-refractivity contribution in [2.24, 2.45) is 40.4 Å². The quantitative estimate of drug-likeness (QED) is 0.0342. The normalized spacial score (nSPS) is 20.8. The molecule has 1 N–H and O–H groups in total. The third kappa shape index (κ3) is 30.1. The van der Waals surface area contributed by atoms with Crippen LogP contribution in [0.2, 0.25) is 0 Å². The van der Waals surface area contributed by atoms with Gasteiger partial charge in [-0.15, -0.1) is 0 Å². The standard InChI is InChI=1S/C68H118N2O14/c1-6-11-16-19-30-57(28-14-9-4)64(75)78-41-26-22-33-60(71)80-50-68(53-83-63(74)49-67-46-54-43-55(47-67)45-56(44-54)48-67,51-81-61(72)34-23-27-42-79-65(76)58(29-15-10-5)31-20-17-12-7-2)52-82-62(73)36-35-59(32-21-18-13-8-3)84-66(77)69-37-40-70-38-24-25-39-70/h54-59H,6-53H2,1-5H3,(H,69,77). The molecule has 1 heterocycles. The van der Waals surface area contributed by atoms with Gasteiger partial charge in [-0.05, 0) is 158 Å². The second-order valence-electron chi connectivity index (χ2n) is 26.3. The summed E-state index contributed by atoms with van der Waals surface area (Å²) in [7, 11) is 0. The molecule has 16 heteroatoms. The van der Waals surface area contributed by atoms with E-state index in [-0.39, 0.29) is 100 Å². The van der Waals surface area contributed by atoms with E-state index in [0.29, 0.717) is 56.4 Å². The van der Waals surface area contributed by atoms with Crippen LogP contribution in [-0.2, 0) is 61.9 Å². The molecular formula is C68H118N2O14. The van der Waals surface area contributed by atoms with E-state index >= 15 is 0 Å². The molecule has 3 atom stereocenters. The van der Waals surface area contributed by atoms with Crippen molar-refractivity contribution in [3.8, 4) is 0 Å². The maximum Gasteiger partial charge on any atom is 0.407 e. The van der Waals surface area contributed by atoms with Gasteiger partial charge < -0.3 is 43.4 Å². The van der Waals surface area contributed by atoms with Gasteiger partial charge in [0.15, 0.2) is 0 Å². The van der Waals surface area contributed by atoms with Crippen molar-refractivity contribution >= 4 is 41.9 Å². The summed E-state index contributed by atoms with van der Waals surface area (Å²) >= 11 is 0. The average molecular weight is 1190 g/mol. The maximum atomic E-state index is 14.1. The summed E-state index contributed by atoms with van der Waals surface area (Å²) in [5.74, 6) is -0.798. The van der Waals surface area contributed by atoms with Gasteiger partial charge in [-0.25, -0.2) is 4.79 Å². The van der Waals surface area contributed by atoms with Gasteiger partial charge in [-0.2, -0.15) is 0 Å². The molecular weight excluding hydrogens is 1070 g/mol. The topological polar surface area (TPSA) is 199 Å². The number of alkyl carbamates (subject to hydrolysis) is 1. The van der Waals surface area contributed by atoms with Gasteiger partial charge in [0.1, 0.15) is 37.9 Å². The number of esters is 6. The van der Waals surface area contributed by atoms with Crippen LogP contribution in [0.5, 0.6) is 0 Å². The molecule has 84 heavy (non-hydrogen) atoms. The number of carbonyl (C=O) groups is 7. The number of nitrogens with one attached hydrogen (secondary N) is 1. The minimum atomic E-state index is -1.47. The number of carbonyl (C=O) groups excluding carboxylic acids is 7. The highest BCUT2D eigenvalue weighted by molar-refractivity contribution is 5.73. The smallest absolute Gasteiger partial charge is 0.407 e. The minimum Gasteiger partial charge on any atom is -0.465 e. The third-order valence-corrected chi connectivity index (χ3v) is 18.4. The number of unbranched alkanes of at least 4 members (excludes halogenated alkanes) is 13. The van der Waals surface area contributed by atoms with Gasteiger partial charge >= 0.3 is 41.9 Å². The molecule has 4 saturated carbocycles. The Bertz CT molecular complexity index is 1770. The minimum absolute atomic E-state index is 0.0174. The van der Waals surface area contributed by atoms with Crippen LogP contribution in [0.1, 0.15) is 279 Å². The van der Waals surface area contributed by atoms with Crippen LogP contribution in [-0.4, -0.2) is 119 Å². The molecule has 484 valence electrons. The Morgan fingerprint density at radius 2 is 0.881 bits per heavy atom. The Hall–Kier alpha value is -3.95. The Balaban J connectivity index is 1.45. The van der Waals surface area contributed by atoms with Gasteiger partial charge in [0.25, 0.3) is 0 Å². The molecule has 3 unspecified atom stereocenters. The molecule has 1 saturated heterocycles. The first-order valence-electron chi connectivity index (χ1n) is 34.4. The summed E-state index contributed by atoms with van der Waals surface area (Å²) < 4.78 is 41.5. The lowest BCUT2D eigenvalue weighted by molar-refractivity contribution is -0.173. The van der Waals surface area contributed by atoms with Crippen LogP contribution in [0.15, 0.2) is 0 Å². The van der Waals surface area contributed by atoms with Crippen LogP contribution in [0.3, 0.4) is 0 Å². The molecule has 5 rings (SSSR count). The number of hydrogen-bond acceptors (Lipinski definition) is 15. The summed E-state index contributed by atoms with van der Waals surface area (Å²) in [6, 6.07) is 0. The van der Waals surface area contributed by atoms with E-state index in [9.17, 15) is 33.6 Å². The van der Waals surface area contributed by atoms with Crippen molar-refractivity contribution in [3.05, 3.63) is 0 Å². The van der Waals surface area contributed by atoms with E-state index in [0.717, 1.165) is 180 Å². The lowest BCUT2D eigenvalue weighted by atomic mass is 9.49. The molecule has 1 amide bonds. The summed E-state index contributed by atoms with van der Waals surface area (Å²) in [6.07, 6.45) is 30.5. The fourth-order valence-electron chi connectivity index (χ4n) is 13.7. The number of nitrogens with zero attached hydrogens (tertiary/aromatic N) is 1. The number of amides is 1. The van der Waals surface area contributed by atoms with Crippen molar-refractivity contribution < 1.29 is 66.7 Å². The van der Waals surface area contributed by atoms with Gasteiger partial charge in [0.2, 0.25) is 0 Å². The predicted molar refractivity (Wildman–Crippen MR) is 327 cm³/mol. The second kappa shape index (κ2) is 42.8. The highest BCUT2D eigenvalue weighted by atomic mass is 16.6. The van der Waals surface area contributed by atoms with Crippen LogP contribution >= 0.6 is 0 Å². The molecule has 5 aliphatic rings. The first kappa shape index (κ1) is 72.5. The van der Waals surface area contributed by atoms with E-state index in [4.69, 9.17) is 33.2 Å². The molecule has 4 bridgehead atoms. The molecule has 0 aromatic carbocycles. The number of likely N-dealkylation sites (tertiary alicyclic amines) is 1. The van der Waals surface area contributed by atoms with E-state index in [2.05, 4.69) is 44.8 Å². The Labute approximate surface area is 507 Å². The van der Waals surface area contributed by atoms with Gasteiger partial charge in [-0.3, -0.25) is 28.8 Å². The van der Waals surface area contributed by atoms with E-state index in [1.807, 2.05) is 0 Å². The monoisotopic (exact) mass is 1190 g/mol. The van der Waals surface area contributed by atoms with Crippen molar-refractivity contribution in [1.29, 1.82) is 0 Å². The number of rotatable bonds is 50. The molecule has 4 aliphatic carbocycles. The lowest BCUT2D eigenvalue weighted by Gasteiger charge is -2.56. The summed E-state index contributed by atoms with van der Waals surface area (Å²) in [6.45, 7) is 12.9. The van der Waals surface area contributed by atoms with Gasteiger partial charge in [-0.1, -0.05) is 131 Å². The van der Waals surface area contributed by atoms with Gasteiger partial charge in [0.05, 0.1) is 31.5 Å². The van der Waals surface area contributed by atoms with Gasteiger partial charge in [0, 0.05) is 32.4 Å². The average Bonchev–Trinajstić information content (AvgIpc) is 1.23. The Morgan fingerprint density at radius 3 is 1.33 bits per heavy atom. The van der Waals surface area contributed by atoms with Crippen LogP contribution < -0.4 is 5.32 Å². The molecule has 5 fully saturated rings. The Morgan fingerprint density at radius 1 is 0.464 bits per heavy atom. The first-order chi connectivity index (χ1) is 40.7. The predicted octanol–water partition coefficient (Wildman–Crippen LogP) is 14.7. The molecule has 1 aliphatic heterocycles. The van der Waals surface area contributed by atoms with Crippen LogP contribution in [0, 0.1) is 40.4 Å². The summed E-state index contributed by atoms with van der Waals surface area (Å²) in [5, 5.41) is 2.89. The fourth-order valence-corrected chi connectivity index (χ4v) is 13.7. The number of hydrogen-bond donors (Lipinski definition) is 1. The summed E-state index contributed by atoms with van der Waals surface area (Å²) in [5.41, 5.74) is -1.58.